The molecule has 5 heteroatoms. The van der Waals surface area contributed by atoms with Crippen LogP contribution < -0.4 is 0 Å². The molecule has 1 fully saturated rings. The third-order valence-corrected chi connectivity index (χ3v) is 3.83. The maximum absolute atomic E-state index is 11.6. The van der Waals surface area contributed by atoms with Gasteiger partial charge >= 0.3 is 0 Å². The first-order valence-electron chi connectivity index (χ1n) is 6.80. The molecule has 0 amide bonds. The molecule has 0 aromatic carbocycles. The van der Waals surface area contributed by atoms with E-state index in [0.29, 0.717) is 19.3 Å². The summed E-state index contributed by atoms with van der Waals surface area (Å²) in [6.45, 7) is 1.88. The quantitative estimate of drug-likeness (QED) is 0.586. The molecular formula is C15H19BrO4. The Morgan fingerprint density at radius 1 is 1.50 bits per heavy atom. The number of rotatable bonds is 1. The second-order valence-electron chi connectivity index (χ2n) is 5.09. The molecule has 0 saturated carbocycles. The minimum absolute atomic E-state index is 0.140. The van der Waals surface area contributed by atoms with Gasteiger partial charge in [0, 0.05) is 17.8 Å². The van der Waals surface area contributed by atoms with Crippen LogP contribution in [-0.2, 0) is 14.3 Å². The van der Waals surface area contributed by atoms with Crippen molar-refractivity contribution in [2.75, 3.05) is 0 Å². The number of aliphatic hydroxyl groups excluding tert-OH is 1. The summed E-state index contributed by atoms with van der Waals surface area (Å²) in [5.74, 6) is 0.140. The van der Waals surface area contributed by atoms with Crippen LogP contribution in [0, 0.1) is 0 Å². The first-order chi connectivity index (χ1) is 9.61. The van der Waals surface area contributed by atoms with Crippen LogP contribution in [-0.4, -0.2) is 41.4 Å². The fourth-order valence-electron chi connectivity index (χ4n) is 2.50. The van der Waals surface area contributed by atoms with Crippen LogP contribution in [0.15, 0.2) is 28.9 Å². The zero-order chi connectivity index (χ0) is 14.5. The van der Waals surface area contributed by atoms with E-state index in [1.165, 1.54) is 0 Å². The Bertz CT molecular complexity index is 439. The molecule has 1 saturated heterocycles. The Balaban J connectivity index is 2.23. The third-order valence-electron chi connectivity index (χ3n) is 3.57. The van der Waals surface area contributed by atoms with Crippen molar-refractivity contribution in [3.05, 3.63) is 28.9 Å². The molecule has 2 bridgehead atoms. The molecule has 2 aliphatic heterocycles. The fourth-order valence-corrected chi connectivity index (χ4v) is 2.66. The van der Waals surface area contributed by atoms with E-state index in [2.05, 4.69) is 21.7 Å². The molecule has 0 aromatic rings. The van der Waals surface area contributed by atoms with Gasteiger partial charge in [-0.25, -0.2) is 0 Å². The van der Waals surface area contributed by atoms with Crippen molar-refractivity contribution >= 4 is 21.7 Å². The highest BCUT2D eigenvalue weighted by Crippen LogP contribution is 2.27. The Labute approximate surface area is 127 Å². The molecule has 2 heterocycles. The summed E-state index contributed by atoms with van der Waals surface area (Å²) in [5, 5.41) is 10.2. The van der Waals surface area contributed by atoms with Crippen LogP contribution in [0.5, 0.6) is 0 Å². The Morgan fingerprint density at radius 3 is 3.05 bits per heavy atom. The highest BCUT2D eigenvalue weighted by atomic mass is 79.9. The van der Waals surface area contributed by atoms with Gasteiger partial charge in [-0.3, -0.25) is 4.79 Å². The largest absolute Gasteiger partial charge is 0.390 e. The lowest BCUT2D eigenvalue weighted by Gasteiger charge is -2.40. The minimum Gasteiger partial charge on any atom is -0.390 e. The van der Waals surface area contributed by atoms with E-state index in [1.54, 1.807) is 11.1 Å². The highest BCUT2D eigenvalue weighted by molar-refractivity contribution is 9.11. The Morgan fingerprint density at radius 2 is 2.30 bits per heavy atom. The number of hydrogen-bond donors (Lipinski definition) is 1. The molecule has 4 nitrogen and oxygen atoms in total. The zero-order valence-corrected chi connectivity index (χ0v) is 13.0. The van der Waals surface area contributed by atoms with Crippen molar-refractivity contribution in [1.82, 2.24) is 0 Å². The van der Waals surface area contributed by atoms with Crippen molar-refractivity contribution in [3.63, 3.8) is 0 Å². The van der Waals surface area contributed by atoms with Gasteiger partial charge in [0.25, 0.3) is 0 Å². The normalized spacial score (nSPS) is 39.5. The molecule has 0 spiro atoms. The van der Waals surface area contributed by atoms with Crippen LogP contribution in [0.4, 0.5) is 0 Å². The summed E-state index contributed by atoms with van der Waals surface area (Å²) in [4.78, 5) is 13.3. The predicted molar refractivity (Wildman–Crippen MR) is 78.6 cm³/mol. The van der Waals surface area contributed by atoms with E-state index in [-0.39, 0.29) is 24.1 Å². The van der Waals surface area contributed by atoms with Crippen LogP contribution in [0.1, 0.15) is 26.2 Å². The molecule has 0 radical (unpaired) electrons. The van der Waals surface area contributed by atoms with Crippen molar-refractivity contribution in [2.45, 2.75) is 56.7 Å². The number of ketones is 1. The SMILES string of the molecule is C[C@H]1O[C@@H](C=C=CBr)[C@@H]2/C=C\CC(=O)CC[C@H](O)[C@H]1O2. The second-order valence-corrected chi connectivity index (χ2v) is 5.55. The maximum atomic E-state index is 11.6. The molecule has 110 valence electrons. The first-order valence-corrected chi connectivity index (χ1v) is 7.72. The molecule has 5 atom stereocenters. The molecule has 1 N–H and O–H groups in total. The van der Waals surface area contributed by atoms with Gasteiger partial charge in [0.1, 0.15) is 24.1 Å². The van der Waals surface area contributed by atoms with Crippen molar-refractivity contribution in [3.8, 4) is 0 Å². The van der Waals surface area contributed by atoms with Gasteiger partial charge in [-0.1, -0.05) is 28.1 Å². The lowest BCUT2D eigenvalue weighted by Crippen LogP contribution is -2.51. The van der Waals surface area contributed by atoms with Crippen LogP contribution in [0.2, 0.25) is 0 Å². The number of halogens is 1. The van der Waals surface area contributed by atoms with E-state index in [9.17, 15) is 9.90 Å². The average Bonchev–Trinajstić information content (AvgIpc) is 2.43. The van der Waals surface area contributed by atoms with Crippen LogP contribution in [0.3, 0.4) is 0 Å². The zero-order valence-electron chi connectivity index (χ0n) is 11.4. The Kier molecular flexibility index (Phi) is 5.75. The molecule has 20 heavy (non-hydrogen) atoms. The van der Waals surface area contributed by atoms with Crippen molar-refractivity contribution < 1.29 is 19.4 Å². The Hall–Kier alpha value is -0.710. The van der Waals surface area contributed by atoms with E-state index < -0.39 is 12.2 Å². The van der Waals surface area contributed by atoms with Crippen LogP contribution in [0.25, 0.3) is 0 Å². The number of Topliss-reactive ketones (excluding diaryl/α,β-unsaturated/α-hetero) is 1. The topological polar surface area (TPSA) is 55.8 Å². The van der Waals surface area contributed by atoms with E-state index in [1.807, 2.05) is 19.1 Å². The molecular weight excluding hydrogens is 324 g/mol. The van der Waals surface area contributed by atoms with E-state index in [0.717, 1.165) is 0 Å². The molecule has 0 aromatic heterocycles. The van der Waals surface area contributed by atoms with Gasteiger partial charge in [0.15, 0.2) is 0 Å². The molecule has 2 aliphatic rings. The number of allylic oxidation sites excluding steroid dienone is 1. The fraction of sp³-hybridized carbons (Fsp3) is 0.600. The summed E-state index contributed by atoms with van der Waals surface area (Å²) in [5.41, 5.74) is 2.92. The van der Waals surface area contributed by atoms with Gasteiger partial charge in [0.05, 0.1) is 12.2 Å². The van der Waals surface area contributed by atoms with E-state index in [4.69, 9.17) is 9.47 Å². The number of ether oxygens (including phenoxy) is 2. The third kappa shape index (κ3) is 3.90. The van der Waals surface area contributed by atoms with Gasteiger partial charge < -0.3 is 14.6 Å². The average molecular weight is 343 g/mol. The summed E-state index contributed by atoms with van der Waals surface area (Å²) in [6, 6.07) is 0. The number of fused-ring (bicyclic) bond motifs is 2. The number of aliphatic hydroxyl groups is 1. The monoisotopic (exact) mass is 342 g/mol. The van der Waals surface area contributed by atoms with Gasteiger partial charge in [-0.2, -0.15) is 0 Å². The number of hydrogen-bond acceptors (Lipinski definition) is 4. The maximum Gasteiger partial charge on any atom is 0.136 e. The lowest BCUT2D eigenvalue weighted by atomic mass is 9.97. The van der Waals surface area contributed by atoms with Gasteiger partial charge in [-0.05, 0) is 19.4 Å². The standard InChI is InChI=1S/C15H19BrO4/c1-10-15-12(18)8-7-11(17)4-2-5-14(20-15)13(19-10)6-3-9-16/h2,5-6,9-10,12-15,18H,4,7-8H2,1H3/b5-2-/t3?,10-,12+,13+,14+,15+/m1/s1. The van der Waals surface area contributed by atoms with Crippen molar-refractivity contribution in [1.29, 1.82) is 0 Å². The summed E-state index contributed by atoms with van der Waals surface area (Å²) >= 11 is 3.16. The molecule has 0 unspecified atom stereocenters. The predicted octanol–water partition coefficient (Wildman–Crippen LogP) is 2.26. The first kappa shape index (κ1) is 15.7. The molecule has 2 rings (SSSR count). The van der Waals surface area contributed by atoms with E-state index >= 15 is 0 Å². The number of carbonyl (C=O) groups is 1. The second kappa shape index (κ2) is 7.34. The highest BCUT2D eigenvalue weighted by Gasteiger charge is 2.38. The summed E-state index contributed by atoms with van der Waals surface area (Å²) in [6.07, 6.45) is 4.69. The van der Waals surface area contributed by atoms with Crippen molar-refractivity contribution in [2.24, 2.45) is 0 Å². The minimum atomic E-state index is -0.681. The summed E-state index contributed by atoms with van der Waals surface area (Å²) < 4.78 is 11.9. The number of carbonyl (C=O) groups excluding carboxylic acids is 1. The van der Waals surface area contributed by atoms with Gasteiger partial charge in [-0.15, -0.1) is 5.73 Å². The lowest BCUT2D eigenvalue weighted by molar-refractivity contribution is -0.214. The smallest absolute Gasteiger partial charge is 0.136 e. The summed E-state index contributed by atoms with van der Waals surface area (Å²) in [7, 11) is 0. The van der Waals surface area contributed by atoms with Crippen LogP contribution >= 0.6 is 15.9 Å². The van der Waals surface area contributed by atoms with Gasteiger partial charge in [0.2, 0.25) is 0 Å². The molecule has 0 aliphatic carbocycles.